The average molecular weight is 254 g/mol. The van der Waals surface area contributed by atoms with Crippen LogP contribution in [0.15, 0.2) is 0 Å². The molecule has 1 saturated carbocycles. The molecular weight excluding hydrogens is 236 g/mol. The SMILES string of the molecule is CC(CCl)CNC(=O)C1CCC(F)(F)CC1. The van der Waals surface area contributed by atoms with Crippen molar-refractivity contribution in [2.45, 2.75) is 38.5 Å². The summed E-state index contributed by atoms with van der Waals surface area (Å²) in [6.45, 7) is 2.46. The lowest BCUT2D eigenvalue weighted by atomic mass is 9.86. The second-order valence-corrected chi connectivity index (χ2v) is 4.94. The maximum atomic E-state index is 12.9. The third-order valence-electron chi connectivity index (χ3n) is 2.98. The van der Waals surface area contributed by atoms with Crippen LogP contribution in [0.25, 0.3) is 0 Å². The fourth-order valence-corrected chi connectivity index (χ4v) is 1.89. The van der Waals surface area contributed by atoms with Crippen LogP contribution in [0.4, 0.5) is 8.78 Å². The van der Waals surface area contributed by atoms with Crippen LogP contribution < -0.4 is 5.32 Å². The van der Waals surface area contributed by atoms with Crippen LogP contribution in [0.1, 0.15) is 32.6 Å². The van der Waals surface area contributed by atoms with E-state index in [4.69, 9.17) is 11.6 Å². The van der Waals surface area contributed by atoms with E-state index in [1.54, 1.807) is 0 Å². The van der Waals surface area contributed by atoms with Gasteiger partial charge < -0.3 is 5.32 Å². The van der Waals surface area contributed by atoms with E-state index >= 15 is 0 Å². The maximum Gasteiger partial charge on any atom is 0.248 e. The molecule has 0 bridgehead atoms. The molecule has 0 radical (unpaired) electrons. The van der Waals surface area contributed by atoms with E-state index in [1.165, 1.54) is 0 Å². The summed E-state index contributed by atoms with van der Waals surface area (Å²) >= 11 is 5.61. The molecule has 16 heavy (non-hydrogen) atoms. The molecule has 1 unspecified atom stereocenters. The Morgan fingerprint density at radius 1 is 1.50 bits per heavy atom. The number of carbonyl (C=O) groups excluding carboxylic acids is 1. The highest BCUT2D eigenvalue weighted by Crippen LogP contribution is 2.36. The maximum absolute atomic E-state index is 12.9. The Morgan fingerprint density at radius 2 is 2.06 bits per heavy atom. The summed E-state index contributed by atoms with van der Waals surface area (Å²) in [5.74, 6) is -2.21. The lowest BCUT2D eigenvalue weighted by Crippen LogP contribution is -2.37. The first-order valence-electron chi connectivity index (χ1n) is 5.66. The van der Waals surface area contributed by atoms with Gasteiger partial charge in [-0.05, 0) is 18.8 Å². The van der Waals surface area contributed by atoms with Crippen molar-refractivity contribution >= 4 is 17.5 Å². The lowest BCUT2D eigenvalue weighted by Gasteiger charge is -2.27. The van der Waals surface area contributed by atoms with E-state index in [0.717, 1.165) is 0 Å². The van der Waals surface area contributed by atoms with Gasteiger partial charge in [-0.3, -0.25) is 4.79 Å². The summed E-state index contributed by atoms with van der Waals surface area (Å²) in [6, 6.07) is 0. The molecular formula is C11H18ClF2NO. The van der Waals surface area contributed by atoms with Crippen LogP contribution >= 0.6 is 11.6 Å². The summed E-state index contributed by atoms with van der Waals surface area (Å²) in [7, 11) is 0. The van der Waals surface area contributed by atoms with E-state index in [0.29, 0.717) is 12.4 Å². The van der Waals surface area contributed by atoms with E-state index in [1.807, 2.05) is 6.92 Å². The lowest BCUT2D eigenvalue weighted by molar-refractivity contribution is -0.129. The molecule has 2 nitrogen and oxygen atoms in total. The molecule has 1 N–H and O–H groups in total. The van der Waals surface area contributed by atoms with Crippen molar-refractivity contribution in [3.63, 3.8) is 0 Å². The Balaban J connectivity index is 2.28. The van der Waals surface area contributed by atoms with Crippen molar-refractivity contribution in [1.82, 2.24) is 5.32 Å². The van der Waals surface area contributed by atoms with Crippen LogP contribution in [0.3, 0.4) is 0 Å². The minimum Gasteiger partial charge on any atom is -0.356 e. The van der Waals surface area contributed by atoms with Crippen molar-refractivity contribution < 1.29 is 13.6 Å². The number of rotatable bonds is 4. The molecule has 1 rings (SSSR count). The standard InChI is InChI=1S/C11H18ClF2NO/c1-8(6-12)7-15-10(16)9-2-4-11(13,14)5-3-9/h8-9H,2-7H2,1H3,(H,15,16). The number of amides is 1. The first-order chi connectivity index (χ1) is 7.44. The highest BCUT2D eigenvalue weighted by molar-refractivity contribution is 6.18. The van der Waals surface area contributed by atoms with Gasteiger partial charge in [0, 0.05) is 31.2 Å². The molecule has 0 aliphatic heterocycles. The number of alkyl halides is 3. The second kappa shape index (κ2) is 5.80. The number of hydrogen-bond acceptors (Lipinski definition) is 1. The smallest absolute Gasteiger partial charge is 0.248 e. The summed E-state index contributed by atoms with van der Waals surface area (Å²) in [5, 5.41) is 2.76. The van der Waals surface area contributed by atoms with Crippen molar-refractivity contribution in [1.29, 1.82) is 0 Å². The molecule has 1 fully saturated rings. The van der Waals surface area contributed by atoms with E-state index < -0.39 is 5.92 Å². The molecule has 0 aromatic heterocycles. The Kier molecular flexibility index (Phi) is 4.96. The average Bonchev–Trinajstić information content (AvgIpc) is 2.25. The fraction of sp³-hybridized carbons (Fsp3) is 0.909. The second-order valence-electron chi connectivity index (χ2n) is 4.63. The van der Waals surface area contributed by atoms with E-state index in [9.17, 15) is 13.6 Å². The zero-order chi connectivity index (χ0) is 12.2. The van der Waals surface area contributed by atoms with Gasteiger partial charge in [-0.2, -0.15) is 0 Å². The number of halogens is 3. The van der Waals surface area contributed by atoms with Gasteiger partial charge >= 0.3 is 0 Å². The predicted molar refractivity (Wildman–Crippen MR) is 59.8 cm³/mol. The van der Waals surface area contributed by atoms with Crippen LogP contribution in [0, 0.1) is 11.8 Å². The van der Waals surface area contributed by atoms with Gasteiger partial charge in [0.1, 0.15) is 0 Å². The van der Waals surface area contributed by atoms with Gasteiger partial charge in [-0.25, -0.2) is 8.78 Å². The highest BCUT2D eigenvalue weighted by Gasteiger charge is 2.37. The van der Waals surface area contributed by atoms with Crippen LogP contribution in [0.2, 0.25) is 0 Å². The van der Waals surface area contributed by atoms with Gasteiger partial charge in [0.15, 0.2) is 0 Å². The minimum absolute atomic E-state index is 0.104. The molecule has 5 heteroatoms. The van der Waals surface area contributed by atoms with Crippen molar-refractivity contribution in [2.24, 2.45) is 11.8 Å². The van der Waals surface area contributed by atoms with Gasteiger partial charge in [-0.15, -0.1) is 11.6 Å². The Morgan fingerprint density at radius 3 is 2.56 bits per heavy atom. The number of carbonyl (C=O) groups is 1. The van der Waals surface area contributed by atoms with Crippen LogP contribution in [0.5, 0.6) is 0 Å². The fourth-order valence-electron chi connectivity index (χ4n) is 1.78. The molecule has 0 heterocycles. The van der Waals surface area contributed by atoms with Crippen LogP contribution in [-0.4, -0.2) is 24.3 Å². The van der Waals surface area contributed by atoms with Crippen LogP contribution in [-0.2, 0) is 4.79 Å². The van der Waals surface area contributed by atoms with Crippen molar-refractivity contribution in [3.8, 4) is 0 Å². The first kappa shape index (κ1) is 13.7. The topological polar surface area (TPSA) is 29.1 Å². The third kappa shape index (κ3) is 4.24. The van der Waals surface area contributed by atoms with E-state index in [2.05, 4.69) is 5.32 Å². The molecule has 1 amide bonds. The number of nitrogens with one attached hydrogen (secondary N) is 1. The van der Waals surface area contributed by atoms with Gasteiger partial charge in [0.25, 0.3) is 0 Å². The molecule has 1 atom stereocenters. The molecule has 1 aliphatic carbocycles. The third-order valence-corrected chi connectivity index (χ3v) is 3.50. The van der Waals surface area contributed by atoms with Gasteiger partial charge in [0.05, 0.1) is 0 Å². The molecule has 0 aromatic carbocycles. The molecule has 1 aliphatic rings. The normalized spacial score (nSPS) is 22.8. The van der Waals surface area contributed by atoms with Gasteiger partial charge in [-0.1, -0.05) is 6.92 Å². The van der Waals surface area contributed by atoms with Gasteiger partial charge in [0.2, 0.25) is 11.8 Å². The zero-order valence-corrected chi connectivity index (χ0v) is 10.2. The minimum atomic E-state index is -2.57. The monoisotopic (exact) mass is 253 g/mol. The quantitative estimate of drug-likeness (QED) is 0.767. The van der Waals surface area contributed by atoms with E-state index in [-0.39, 0.29) is 43.4 Å². The molecule has 0 saturated heterocycles. The molecule has 0 spiro atoms. The van der Waals surface area contributed by atoms with Crippen molar-refractivity contribution in [3.05, 3.63) is 0 Å². The summed E-state index contributed by atoms with van der Waals surface area (Å²) < 4.78 is 25.7. The first-order valence-corrected chi connectivity index (χ1v) is 6.19. The highest BCUT2D eigenvalue weighted by atomic mass is 35.5. The Bertz CT molecular complexity index is 238. The zero-order valence-electron chi connectivity index (χ0n) is 9.44. The predicted octanol–water partition coefficient (Wildman–Crippen LogP) is 2.80. The summed E-state index contributed by atoms with van der Waals surface area (Å²) in [4.78, 5) is 11.6. The Labute approximate surface area is 99.7 Å². The summed E-state index contributed by atoms with van der Waals surface area (Å²) in [6.07, 6.45) is 0.231. The largest absolute Gasteiger partial charge is 0.356 e. The molecule has 0 aromatic rings. The number of hydrogen-bond donors (Lipinski definition) is 1. The summed E-state index contributed by atoms with van der Waals surface area (Å²) in [5.41, 5.74) is 0. The Hall–Kier alpha value is -0.380. The molecule has 94 valence electrons. The van der Waals surface area contributed by atoms with Crippen molar-refractivity contribution in [2.75, 3.05) is 12.4 Å².